The molecule has 0 aliphatic carbocycles. The summed E-state index contributed by atoms with van der Waals surface area (Å²) in [7, 11) is 0. The fourth-order valence-electron chi connectivity index (χ4n) is 4.86. The third kappa shape index (κ3) is 28.2. The molecule has 16 heteroatoms. The fourth-order valence-corrected chi connectivity index (χ4v) is 4.86. The van der Waals surface area contributed by atoms with Gasteiger partial charge in [0.25, 0.3) is 0 Å². The summed E-state index contributed by atoms with van der Waals surface area (Å²) in [4.78, 5) is 12.6. The summed E-state index contributed by atoms with van der Waals surface area (Å²) >= 11 is 0. The quantitative estimate of drug-likeness (QED) is 0.0565. The van der Waals surface area contributed by atoms with Crippen LogP contribution in [0.4, 0.5) is 24.5 Å². The van der Waals surface area contributed by atoms with Crippen LogP contribution in [0, 0.1) is 0 Å². The van der Waals surface area contributed by atoms with Crippen molar-refractivity contribution in [2.45, 2.75) is 45.2 Å². The van der Waals surface area contributed by atoms with E-state index in [4.69, 9.17) is 52.1 Å². The molecule has 2 aromatic carbocycles. The number of hydrogen-bond donors (Lipinski definition) is 1. The number of para-hydroxylation sites is 1. The van der Waals surface area contributed by atoms with Crippen molar-refractivity contribution in [3.05, 3.63) is 59.7 Å². The van der Waals surface area contributed by atoms with E-state index in [0.29, 0.717) is 125 Å². The van der Waals surface area contributed by atoms with Crippen LogP contribution in [0.2, 0.25) is 0 Å². The van der Waals surface area contributed by atoms with Gasteiger partial charge in [-0.05, 0) is 36.8 Å². The molecular formula is C41H64F3NO12. The summed E-state index contributed by atoms with van der Waals surface area (Å²) < 4.78 is 99.3. The van der Waals surface area contributed by atoms with Crippen molar-refractivity contribution in [2.75, 3.05) is 144 Å². The molecule has 0 aliphatic rings. The average Bonchev–Trinajstić information content (AvgIpc) is 3.20. The van der Waals surface area contributed by atoms with Crippen molar-refractivity contribution >= 4 is 17.3 Å². The van der Waals surface area contributed by atoms with Crippen LogP contribution in [-0.4, -0.2) is 145 Å². The van der Waals surface area contributed by atoms with Crippen LogP contribution < -0.4 is 5.32 Å². The van der Waals surface area contributed by atoms with Gasteiger partial charge >= 0.3 is 12.1 Å². The Hall–Kier alpha value is -2.90. The van der Waals surface area contributed by atoms with Gasteiger partial charge in [-0.15, -0.1) is 0 Å². The van der Waals surface area contributed by atoms with Gasteiger partial charge in [0.1, 0.15) is 6.61 Å². The van der Waals surface area contributed by atoms with Crippen molar-refractivity contribution in [3.63, 3.8) is 0 Å². The van der Waals surface area contributed by atoms with Gasteiger partial charge < -0.3 is 57.4 Å². The second kappa shape index (κ2) is 35.1. The topological polar surface area (TPSA) is 131 Å². The molecule has 0 atom stereocenters. The van der Waals surface area contributed by atoms with Gasteiger partial charge in [0.2, 0.25) is 0 Å². The van der Waals surface area contributed by atoms with Crippen LogP contribution in [-0.2, 0) is 58.3 Å². The molecule has 0 heterocycles. The monoisotopic (exact) mass is 819 g/mol. The minimum atomic E-state index is -4.48. The SMILES string of the molecule is CCCCCCCOCCOCCOCCOCCOCCOCCOCCOCCOCCOCCOC(=O)c1ccccc1Nc1cccc(C(F)(F)F)c1. The smallest absolute Gasteiger partial charge is 0.416 e. The molecule has 326 valence electrons. The number of esters is 1. The molecule has 0 spiro atoms. The maximum absolute atomic E-state index is 13.1. The first kappa shape index (κ1) is 50.2. The first-order valence-corrected chi connectivity index (χ1v) is 19.9. The van der Waals surface area contributed by atoms with Crippen LogP contribution in [0.3, 0.4) is 0 Å². The molecular weight excluding hydrogens is 755 g/mol. The molecule has 2 aromatic rings. The van der Waals surface area contributed by atoms with Crippen molar-refractivity contribution in [1.29, 1.82) is 0 Å². The lowest BCUT2D eigenvalue weighted by molar-refractivity contribution is -0.137. The van der Waals surface area contributed by atoms with Crippen molar-refractivity contribution in [3.8, 4) is 0 Å². The van der Waals surface area contributed by atoms with Crippen LogP contribution >= 0.6 is 0 Å². The maximum Gasteiger partial charge on any atom is 0.416 e. The molecule has 0 saturated heterocycles. The minimum absolute atomic E-state index is 0.000783. The predicted molar refractivity (Wildman–Crippen MR) is 208 cm³/mol. The third-order valence-electron chi connectivity index (χ3n) is 7.82. The first-order valence-electron chi connectivity index (χ1n) is 19.9. The normalized spacial score (nSPS) is 11.6. The van der Waals surface area contributed by atoms with Crippen LogP contribution in [0.15, 0.2) is 48.5 Å². The van der Waals surface area contributed by atoms with Gasteiger partial charge in [-0.1, -0.05) is 50.8 Å². The third-order valence-corrected chi connectivity index (χ3v) is 7.82. The van der Waals surface area contributed by atoms with Crippen LogP contribution in [0.5, 0.6) is 0 Å². The number of nitrogens with one attached hydrogen (secondary N) is 1. The molecule has 0 aromatic heterocycles. The zero-order valence-electron chi connectivity index (χ0n) is 33.5. The Kier molecular flexibility index (Phi) is 30.9. The molecule has 2 rings (SSSR count). The van der Waals surface area contributed by atoms with Gasteiger partial charge in [0.05, 0.1) is 142 Å². The molecule has 1 N–H and O–H groups in total. The predicted octanol–water partition coefficient (Wildman–Crippen LogP) is 6.74. The van der Waals surface area contributed by atoms with E-state index >= 15 is 0 Å². The molecule has 0 aliphatic heterocycles. The summed E-state index contributed by atoms with van der Waals surface area (Å²) in [6.07, 6.45) is 1.73. The number of unbranched alkanes of at least 4 members (excludes halogenated alkanes) is 4. The molecule has 57 heavy (non-hydrogen) atoms. The zero-order chi connectivity index (χ0) is 40.9. The summed E-state index contributed by atoms with van der Waals surface area (Å²) in [6.45, 7) is 11.7. The van der Waals surface area contributed by atoms with Gasteiger partial charge in [0, 0.05) is 12.3 Å². The molecule has 0 radical (unpaired) electrons. The number of carbonyl (C=O) groups excluding carboxylic acids is 1. The molecule has 0 saturated carbocycles. The van der Waals surface area contributed by atoms with E-state index in [2.05, 4.69) is 12.2 Å². The highest BCUT2D eigenvalue weighted by atomic mass is 19.4. The Labute approximate surface area is 336 Å². The number of hydrogen-bond acceptors (Lipinski definition) is 13. The van der Waals surface area contributed by atoms with E-state index in [1.54, 1.807) is 18.2 Å². The van der Waals surface area contributed by atoms with Gasteiger partial charge in [0.15, 0.2) is 0 Å². The molecule has 13 nitrogen and oxygen atoms in total. The highest BCUT2D eigenvalue weighted by molar-refractivity contribution is 5.96. The summed E-state index contributed by atoms with van der Waals surface area (Å²) in [5.74, 6) is -0.627. The maximum atomic E-state index is 13.1. The van der Waals surface area contributed by atoms with Crippen LogP contribution in [0.25, 0.3) is 0 Å². The van der Waals surface area contributed by atoms with Gasteiger partial charge in [-0.2, -0.15) is 13.2 Å². The number of halogens is 3. The Morgan fingerprint density at radius 2 is 0.895 bits per heavy atom. The van der Waals surface area contributed by atoms with E-state index in [0.717, 1.165) is 25.2 Å². The Balaban J connectivity index is 1.26. The number of benzene rings is 2. The van der Waals surface area contributed by atoms with E-state index in [9.17, 15) is 18.0 Å². The van der Waals surface area contributed by atoms with Gasteiger partial charge in [-0.3, -0.25) is 0 Å². The minimum Gasteiger partial charge on any atom is -0.460 e. The summed E-state index contributed by atoms with van der Waals surface area (Å²) in [5, 5.41) is 2.86. The lowest BCUT2D eigenvalue weighted by Crippen LogP contribution is -2.16. The lowest BCUT2D eigenvalue weighted by atomic mass is 10.1. The van der Waals surface area contributed by atoms with Crippen LogP contribution in [0.1, 0.15) is 54.9 Å². The highest BCUT2D eigenvalue weighted by Crippen LogP contribution is 2.32. The van der Waals surface area contributed by atoms with Crippen molar-refractivity contribution < 1.29 is 70.1 Å². The Morgan fingerprint density at radius 1 is 0.491 bits per heavy atom. The Bertz CT molecular complexity index is 1240. The van der Waals surface area contributed by atoms with E-state index in [1.165, 1.54) is 43.9 Å². The van der Waals surface area contributed by atoms with E-state index in [-0.39, 0.29) is 24.5 Å². The number of carbonyl (C=O) groups is 1. The number of ether oxygens (including phenoxy) is 11. The standard InChI is InChI=1S/C41H64F3NO12/c1-2-3-4-5-8-14-47-15-16-48-17-18-49-19-20-50-21-22-51-23-24-52-25-26-53-27-28-54-29-30-55-31-32-56-33-34-57-40(46)38-12-6-7-13-39(38)45-37-11-9-10-36(35-37)41(42,43)44/h6-7,9-13,35,45H,2-5,8,14-34H2,1H3. The molecule has 0 unspecified atom stereocenters. The summed E-state index contributed by atoms with van der Waals surface area (Å²) in [6, 6.07) is 11.1. The molecule has 0 amide bonds. The summed E-state index contributed by atoms with van der Waals surface area (Å²) in [5.41, 5.74) is -0.0866. The molecule has 0 fully saturated rings. The highest BCUT2D eigenvalue weighted by Gasteiger charge is 2.30. The zero-order valence-corrected chi connectivity index (χ0v) is 33.5. The number of rotatable bonds is 39. The van der Waals surface area contributed by atoms with Gasteiger partial charge in [-0.25, -0.2) is 4.79 Å². The van der Waals surface area contributed by atoms with Crippen molar-refractivity contribution in [1.82, 2.24) is 0 Å². The van der Waals surface area contributed by atoms with E-state index < -0.39 is 17.7 Å². The van der Waals surface area contributed by atoms with Crippen molar-refractivity contribution in [2.24, 2.45) is 0 Å². The average molecular weight is 820 g/mol. The lowest BCUT2D eigenvalue weighted by Gasteiger charge is -2.13. The fraction of sp³-hybridized carbons (Fsp3) is 0.683. The second-order valence-electron chi connectivity index (χ2n) is 12.4. The number of anilines is 2. The number of alkyl halides is 3. The second-order valence-corrected chi connectivity index (χ2v) is 12.4. The van der Waals surface area contributed by atoms with E-state index in [1.807, 2.05) is 0 Å². The Morgan fingerprint density at radius 3 is 1.33 bits per heavy atom. The largest absolute Gasteiger partial charge is 0.460 e. The first-order chi connectivity index (χ1) is 27.9. The molecule has 0 bridgehead atoms.